The Morgan fingerprint density at radius 3 is 2.06 bits per heavy atom. The van der Waals surface area contributed by atoms with Crippen LogP contribution < -0.4 is 15.8 Å². The number of nitrogens with one attached hydrogen (secondary N) is 2. The largest absolute Gasteiger partial charge is 0.416 e. The molecule has 0 spiro atoms. The number of amides is 2. The Balaban J connectivity index is 1.33. The second-order valence-corrected chi connectivity index (χ2v) is 7.38. The maximum atomic E-state index is 12.6. The van der Waals surface area contributed by atoms with Crippen molar-refractivity contribution in [3.8, 4) is 0 Å². The second-order valence-electron chi connectivity index (χ2n) is 7.38. The van der Waals surface area contributed by atoms with Gasteiger partial charge in [0.05, 0.1) is 12.0 Å². The van der Waals surface area contributed by atoms with Gasteiger partial charge in [0.1, 0.15) is 0 Å². The van der Waals surface area contributed by atoms with Crippen LogP contribution in [-0.2, 0) is 22.2 Å². The van der Waals surface area contributed by atoms with Gasteiger partial charge in [0.15, 0.2) is 0 Å². The standard InChI is InChI=1S/C22H25F3N4O2/c23-22(24,25)18-8-6-17(7-9-18)16-21(31)27-26-20(30)10-11-28-12-14-29(15-13-28)19-4-2-1-3-5-19/h1-9H,10-16H2,(H,26,30)(H,27,31). The van der Waals surface area contributed by atoms with Gasteiger partial charge in [-0.15, -0.1) is 0 Å². The summed E-state index contributed by atoms with van der Waals surface area (Å²) in [5.74, 6) is -0.809. The Hall–Kier alpha value is -3.07. The zero-order valence-corrected chi connectivity index (χ0v) is 17.0. The molecule has 3 rings (SSSR count). The lowest BCUT2D eigenvalue weighted by Gasteiger charge is -2.36. The highest BCUT2D eigenvalue weighted by atomic mass is 19.4. The SMILES string of the molecule is O=C(CCN1CCN(c2ccccc2)CC1)NNC(=O)Cc1ccc(C(F)(F)F)cc1. The monoisotopic (exact) mass is 434 g/mol. The topological polar surface area (TPSA) is 64.7 Å². The van der Waals surface area contributed by atoms with Gasteiger partial charge in [0.2, 0.25) is 11.8 Å². The number of hydrazine groups is 1. The summed E-state index contributed by atoms with van der Waals surface area (Å²) in [4.78, 5) is 28.4. The molecule has 1 heterocycles. The average molecular weight is 434 g/mol. The van der Waals surface area contributed by atoms with Crippen molar-refractivity contribution in [2.24, 2.45) is 0 Å². The van der Waals surface area contributed by atoms with Crippen molar-refractivity contribution in [3.05, 3.63) is 65.7 Å². The van der Waals surface area contributed by atoms with Crippen molar-refractivity contribution < 1.29 is 22.8 Å². The van der Waals surface area contributed by atoms with Crippen LogP contribution in [0, 0.1) is 0 Å². The van der Waals surface area contributed by atoms with E-state index in [2.05, 4.69) is 32.8 Å². The predicted octanol–water partition coefficient (Wildman–Crippen LogP) is 2.61. The third-order valence-corrected chi connectivity index (χ3v) is 5.14. The van der Waals surface area contributed by atoms with Gasteiger partial charge in [-0.2, -0.15) is 13.2 Å². The number of piperazine rings is 1. The highest BCUT2D eigenvalue weighted by Crippen LogP contribution is 2.29. The van der Waals surface area contributed by atoms with E-state index in [1.165, 1.54) is 17.8 Å². The molecular weight excluding hydrogens is 409 g/mol. The van der Waals surface area contributed by atoms with Crippen LogP contribution in [0.25, 0.3) is 0 Å². The molecule has 166 valence electrons. The number of nitrogens with zero attached hydrogens (tertiary/aromatic N) is 2. The normalized spacial score (nSPS) is 14.9. The van der Waals surface area contributed by atoms with Gasteiger partial charge in [-0.3, -0.25) is 25.3 Å². The van der Waals surface area contributed by atoms with Crippen molar-refractivity contribution in [2.45, 2.75) is 19.0 Å². The second kappa shape index (κ2) is 10.3. The van der Waals surface area contributed by atoms with Crippen LogP contribution in [0.15, 0.2) is 54.6 Å². The summed E-state index contributed by atoms with van der Waals surface area (Å²) in [5.41, 5.74) is 5.51. The molecule has 0 aromatic heterocycles. The number of benzene rings is 2. The van der Waals surface area contributed by atoms with E-state index in [4.69, 9.17) is 0 Å². The van der Waals surface area contributed by atoms with Crippen LogP contribution in [0.3, 0.4) is 0 Å². The van der Waals surface area contributed by atoms with Crippen molar-refractivity contribution in [1.29, 1.82) is 0 Å². The van der Waals surface area contributed by atoms with Gasteiger partial charge in [-0.25, -0.2) is 0 Å². The highest BCUT2D eigenvalue weighted by Gasteiger charge is 2.30. The summed E-state index contributed by atoms with van der Waals surface area (Å²) in [6.45, 7) is 4.05. The molecule has 0 bridgehead atoms. The first-order chi connectivity index (χ1) is 14.8. The minimum absolute atomic E-state index is 0.125. The number of hydrogen-bond acceptors (Lipinski definition) is 4. The van der Waals surface area contributed by atoms with Crippen LogP contribution in [-0.4, -0.2) is 49.4 Å². The fourth-order valence-corrected chi connectivity index (χ4v) is 3.37. The minimum atomic E-state index is -4.41. The van der Waals surface area contributed by atoms with Crippen molar-refractivity contribution >= 4 is 17.5 Å². The highest BCUT2D eigenvalue weighted by molar-refractivity contribution is 5.83. The third kappa shape index (κ3) is 6.99. The first kappa shape index (κ1) is 22.6. The summed E-state index contributed by atoms with van der Waals surface area (Å²) in [7, 11) is 0. The van der Waals surface area contributed by atoms with E-state index in [1.807, 2.05) is 18.2 Å². The number of anilines is 1. The van der Waals surface area contributed by atoms with Crippen molar-refractivity contribution in [3.63, 3.8) is 0 Å². The molecule has 1 aliphatic rings. The summed E-state index contributed by atoms with van der Waals surface area (Å²) in [5, 5.41) is 0. The number of rotatable bonds is 6. The fraction of sp³-hybridized carbons (Fsp3) is 0.364. The Bertz CT molecular complexity index is 865. The van der Waals surface area contributed by atoms with Crippen LogP contribution in [0.2, 0.25) is 0 Å². The lowest BCUT2D eigenvalue weighted by atomic mass is 10.1. The molecule has 1 fully saturated rings. The number of alkyl halides is 3. The van der Waals surface area contributed by atoms with Gasteiger partial charge in [0, 0.05) is 44.8 Å². The number of hydrogen-bond donors (Lipinski definition) is 2. The number of carbonyl (C=O) groups excluding carboxylic acids is 2. The zero-order chi connectivity index (χ0) is 22.3. The van der Waals surface area contributed by atoms with Crippen LogP contribution in [0.1, 0.15) is 17.5 Å². The lowest BCUT2D eigenvalue weighted by Crippen LogP contribution is -2.48. The fourth-order valence-electron chi connectivity index (χ4n) is 3.37. The maximum Gasteiger partial charge on any atom is 0.416 e. The molecule has 0 saturated carbocycles. The number of para-hydroxylation sites is 1. The van der Waals surface area contributed by atoms with E-state index in [0.717, 1.165) is 38.3 Å². The molecule has 2 aromatic carbocycles. The molecule has 2 N–H and O–H groups in total. The minimum Gasteiger partial charge on any atom is -0.369 e. The van der Waals surface area contributed by atoms with Crippen molar-refractivity contribution in [1.82, 2.24) is 15.8 Å². The summed E-state index contributed by atoms with van der Waals surface area (Å²) in [6.07, 6.45) is -4.30. The Morgan fingerprint density at radius 1 is 0.839 bits per heavy atom. The summed E-state index contributed by atoms with van der Waals surface area (Å²) >= 11 is 0. The van der Waals surface area contributed by atoms with Gasteiger partial charge < -0.3 is 4.90 Å². The molecule has 6 nitrogen and oxygen atoms in total. The Labute approximate surface area is 179 Å². The third-order valence-electron chi connectivity index (χ3n) is 5.14. The summed E-state index contributed by atoms with van der Waals surface area (Å²) in [6, 6.07) is 14.5. The van der Waals surface area contributed by atoms with Crippen LogP contribution >= 0.6 is 0 Å². The lowest BCUT2D eigenvalue weighted by molar-refractivity contribution is -0.137. The van der Waals surface area contributed by atoms with Gasteiger partial charge in [-0.05, 0) is 29.8 Å². The Morgan fingerprint density at radius 2 is 1.45 bits per heavy atom. The molecule has 1 saturated heterocycles. The molecule has 0 unspecified atom stereocenters. The average Bonchev–Trinajstić information content (AvgIpc) is 2.77. The van der Waals surface area contributed by atoms with Gasteiger partial charge in [-0.1, -0.05) is 30.3 Å². The quantitative estimate of drug-likeness (QED) is 0.687. The van der Waals surface area contributed by atoms with E-state index in [-0.39, 0.29) is 18.7 Å². The van der Waals surface area contributed by atoms with Crippen LogP contribution in [0.4, 0.5) is 18.9 Å². The van der Waals surface area contributed by atoms with E-state index in [0.29, 0.717) is 12.1 Å². The molecule has 0 atom stereocenters. The molecule has 0 radical (unpaired) electrons. The number of carbonyl (C=O) groups is 2. The van der Waals surface area contributed by atoms with E-state index < -0.39 is 17.6 Å². The van der Waals surface area contributed by atoms with Gasteiger partial charge in [0.25, 0.3) is 0 Å². The smallest absolute Gasteiger partial charge is 0.369 e. The molecule has 2 amide bonds. The van der Waals surface area contributed by atoms with E-state index in [9.17, 15) is 22.8 Å². The van der Waals surface area contributed by atoms with E-state index >= 15 is 0 Å². The van der Waals surface area contributed by atoms with Crippen molar-refractivity contribution in [2.75, 3.05) is 37.6 Å². The molecule has 9 heteroatoms. The zero-order valence-electron chi connectivity index (χ0n) is 17.0. The Kier molecular flexibility index (Phi) is 7.51. The molecular formula is C22H25F3N4O2. The summed E-state index contributed by atoms with van der Waals surface area (Å²) < 4.78 is 37.7. The molecule has 1 aliphatic heterocycles. The maximum absolute atomic E-state index is 12.6. The number of halogens is 3. The molecule has 0 aliphatic carbocycles. The first-order valence-electron chi connectivity index (χ1n) is 10.1. The first-order valence-corrected chi connectivity index (χ1v) is 10.1. The van der Waals surface area contributed by atoms with Crippen LogP contribution in [0.5, 0.6) is 0 Å². The predicted molar refractivity (Wildman–Crippen MR) is 111 cm³/mol. The molecule has 31 heavy (non-hydrogen) atoms. The van der Waals surface area contributed by atoms with Gasteiger partial charge >= 0.3 is 6.18 Å². The molecule has 2 aromatic rings. The van der Waals surface area contributed by atoms with E-state index in [1.54, 1.807) is 0 Å².